The molecule has 1 aromatic rings. The molecule has 2 saturated heterocycles. The van der Waals surface area contributed by atoms with Crippen molar-refractivity contribution in [2.45, 2.75) is 26.9 Å². The molecular weight excluding hydrogens is 341 g/mol. The molecule has 26 heavy (non-hydrogen) atoms. The lowest BCUT2D eigenvalue weighted by Gasteiger charge is -2.22. The minimum Gasteiger partial charge on any atom is -0.442 e. The van der Waals surface area contributed by atoms with Gasteiger partial charge in [-0.2, -0.15) is 0 Å². The van der Waals surface area contributed by atoms with Crippen molar-refractivity contribution in [2.75, 3.05) is 36.0 Å². The molecule has 0 aromatic heterocycles. The lowest BCUT2D eigenvalue weighted by molar-refractivity contribution is -0.122. The summed E-state index contributed by atoms with van der Waals surface area (Å²) in [6, 6.07) is 4.48. The Labute approximate surface area is 151 Å². The summed E-state index contributed by atoms with van der Waals surface area (Å²) >= 11 is 0. The van der Waals surface area contributed by atoms with Gasteiger partial charge in [-0.25, -0.2) is 9.18 Å². The Balaban J connectivity index is 1.73. The second kappa shape index (κ2) is 6.59. The molecule has 2 aliphatic rings. The van der Waals surface area contributed by atoms with E-state index in [1.807, 2.05) is 13.8 Å². The van der Waals surface area contributed by atoms with Crippen LogP contribution in [0, 0.1) is 11.2 Å². The third-order valence-electron chi connectivity index (χ3n) is 4.71. The van der Waals surface area contributed by atoms with E-state index in [9.17, 15) is 18.8 Å². The van der Waals surface area contributed by atoms with Crippen molar-refractivity contribution in [2.24, 2.45) is 5.41 Å². The number of Topliss-reactive ketones (excluding diaryl/α,β-unsaturated/α-hetero) is 1. The fraction of sp³-hybridized carbons (Fsp3) is 0.500. The zero-order valence-corrected chi connectivity index (χ0v) is 15.0. The zero-order valence-electron chi connectivity index (χ0n) is 15.0. The predicted molar refractivity (Wildman–Crippen MR) is 93.7 cm³/mol. The molecule has 1 aromatic carbocycles. The van der Waals surface area contributed by atoms with E-state index in [-0.39, 0.29) is 31.3 Å². The third kappa shape index (κ3) is 3.49. The first-order chi connectivity index (χ1) is 12.2. The van der Waals surface area contributed by atoms with Crippen LogP contribution in [0.25, 0.3) is 0 Å². The Morgan fingerprint density at radius 1 is 1.38 bits per heavy atom. The average molecular weight is 363 g/mol. The van der Waals surface area contributed by atoms with Gasteiger partial charge in [0.2, 0.25) is 5.91 Å². The maximum atomic E-state index is 14.6. The van der Waals surface area contributed by atoms with Crippen LogP contribution in [0.4, 0.5) is 20.6 Å². The van der Waals surface area contributed by atoms with Crippen LogP contribution in [0.1, 0.15) is 20.8 Å². The molecule has 0 bridgehead atoms. The van der Waals surface area contributed by atoms with Crippen LogP contribution >= 0.6 is 0 Å². The van der Waals surface area contributed by atoms with Gasteiger partial charge in [0, 0.05) is 18.9 Å². The second-order valence-corrected chi connectivity index (χ2v) is 7.35. The number of nitrogens with one attached hydrogen (secondary N) is 1. The molecule has 0 aliphatic carbocycles. The standard InChI is InChI=1S/C18H22FN3O4/c1-11(23)20-7-13-8-22(17(25)26-13)12-4-5-15(14(19)6-12)21-9-16(24)18(2,3)10-21/h4-6,13H,7-10H2,1-3H3,(H,20,23)/t13-/m0/s1. The normalized spacial score (nSPS) is 21.9. The first-order valence-corrected chi connectivity index (χ1v) is 8.48. The van der Waals surface area contributed by atoms with Gasteiger partial charge in [0.25, 0.3) is 0 Å². The molecule has 7 nitrogen and oxygen atoms in total. The van der Waals surface area contributed by atoms with Crippen LogP contribution in [-0.2, 0) is 14.3 Å². The zero-order chi connectivity index (χ0) is 19.1. The maximum Gasteiger partial charge on any atom is 0.414 e. The summed E-state index contributed by atoms with van der Waals surface area (Å²) in [5.74, 6) is -0.631. The Morgan fingerprint density at radius 2 is 2.12 bits per heavy atom. The summed E-state index contributed by atoms with van der Waals surface area (Å²) in [5.41, 5.74) is 0.224. The first-order valence-electron chi connectivity index (χ1n) is 8.48. The van der Waals surface area contributed by atoms with Gasteiger partial charge < -0.3 is 15.0 Å². The number of halogens is 1. The van der Waals surface area contributed by atoms with E-state index in [0.717, 1.165) is 0 Å². The monoisotopic (exact) mass is 363 g/mol. The highest BCUT2D eigenvalue weighted by Crippen LogP contribution is 2.33. The molecular formula is C18H22FN3O4. The molecule has 2 fully saturated rings. The molecule has 0 saturated carbocycles. The van der Waals surface area contributed by atoms with Crippen molar-refractivity contribution in [3.63, 3.8) is 0 Å². The summed E-state index contributed by atoms with van der Waals surface area (Å²) in [4.78, 5) is 38.0. The topological polar surface area (TPSA) is 79.0 Å². The van der Waals surface area contributed by atoms with Crippen molar-refractivity contribution < 1.29 is 23.5 Å². The average Bonchev–Trinajstić information content (AvgIpc) is 3.05. The molecule has 0 unspecified atom stereocenters. The van der Waals surface area contributed by atoms with Crippen LogP contribution in [0.5, 0.6) is 0 Å². The Kier molecular flexibility index (Phi) is 4.60. The number of hydrogen-bond acceptors (Lipinski definition) is 5. The summed E-state index contributed by atoms with van der Waals surface area (Å²) in [5, 5.41) is 2.59. The van der Waals surface area contributed by atoms with Crippen molar-refractivity contribution in [1.29, 1.82) is 0 Å². The number of ether oxygens (including phenoxy) is 1. The van der Waals surface area contributed by atoms with Crippen molar-refractivity contribution in [1.82, 2.24) is 5.32 Å². The molecule has 2 aliphatic heterocycles. The highest BCUT2D eigenvalue weighted by Gasteiger charge is 2.39. The molecule has 1 atom stereocenters. The van der Waals surface area contributed by atoms with Gasteiger partial charge in [-0.05, 0) is 18.2 Å². The number of ketones is 1. The van der Waals surface area contributed by atoms with Crippen LogP contribution in [-0.4, -0.2) is 50.1 Å². The van der Waals surface area contributed by atoms with Gasteiger partial charge in [-0.3, -0.25) is 14.5 Å². The Hall–Kier alpha value is -2.64. The highest BCUT2D eigenvalue weighted by atomic mass is 19.1. The van der Waals surface area contributed by atoms with Crippen molar-refractivity contribution >= 4 is 29.2 Å². The number of carbonyl (C=O) groups is 3. The van der Waals surface area contributed by atoms with Gasteiger partial charge in [-0.1, -0.05) is 13.8 Å². The van der Waals surface area contributed by atoms with E-state index in [0.29, 0.717) is 17.9 Å². The van der Waals surface area contributed by atoms with Crippen molar-refractivity contribution in [3.05, 3.63) is 24.0 Å². The fourth-order valence-electron chi connectivity index (χ4n) is 3.20. The van der Waals surface area contributed by atoms with E-state index in [1.165, 1.54) is 17.9 Å². The molecule has 2 amide bonds. The number of cyclic esters (lactones) is 1. The van der Waals surface area contributed by atoms with E-state index >= 15 is 0 Å². The molecule has 2 heterocycles. The largest absolute Gasteiger partial charge is 0.442 e. The number of rotatable bonds is 4. The smallest absolute Gasteiger partial charge is 0.414 e. The number of nitrogens with zero attached hydrogens (tertiary/aromatic N) is 2. The lowest BCUT2D eigenvalue weighted by atomic mass is 9.92. The predicted octanol–water partition coefficient (Wildman–Crippen LogP) is 1.70. The van der Waals surface area contributed by atoms with Gasteiger partial charge in [0.1, 0.15) is 11.9 Å². The second-order valence-electron chi connectivity index (χ2n) is 7.35. The van der Waals surface area contributed by atoms with Gasteiger partial charge in [0.15, 0.2) is 5.78 Å². The van der Waals surface area contributed by atoms with Gasteiger partial charge >= 0.3 is 6.09 Å². The van der Waals surface area contributed by atoms with Crippen LogP contribution in [0.3, 0.4) is 0 Å². The first kappa shape index (κ1) is 18.2. The number of anilines is 2. The third-order valence-corrected chi connectivity index (χ3v) is 4.71. The summed E-state index contributed by atoms with van der Waals surface area (Å²) in [6.45, 7) is 6.14. The van der Waals surface area contributed by atoms with E-state index in [1.54, 1.807) is 17.0 Å². The van der Waals surface area contributed by atoms with E-state index in [4.69, 9.17) is 4.74 Å². The summed E-state index contributed by atoms with van der Waals surface area (Å²) < 4.78 is 19.8. The SMILES string of the molecule is CC(=O)NC[C@H]1CN(c2ccc(N3CC(=O)C(C)(C)C3)c(F)c2)C(=O)O1. The molecule has 0 radical (unpaired) electrons. The molecule has 140 valence electrons. The number of amides is 2. The van der Waals surface area contributed by atoms with Gasteiger partial charge in [0.05, 0.1) is 31.0 Å². The minimum absolute atomic E-state index is 0.0740. The Bertz CT molecular complexity index is 765. The van der Waals surface area contributed by atoms with E-state index < -0.39 is 23.4 Å². The number of hydrogen-bond donors (Lipinski definition) is 1. The van der Waals surface area contributed by atoms with Crippen LogP contribution < -0.4 is 15.1 Å². The van der Waals surface area contributed by atoms with E-state index in [2.05, 4.69) is 5.32 Å². The van der Waals surface area contributed by atoms with Crippen LogP contribution in [0.2, 0.25) is 0 Å². The summed E-state index contributed by atoms with van der Waals surface area (Å²) in [6.07, 6.45) is -1.06. The fourth-order valence-corrected chi connectivity index (χ4v) is 3.20. The molecule has 0 spiro atoms. The maximum absolute atomic E-state index is 14.6. The summed E-state index contributed by atoms with van der Waals surface area (Å²) in [7, 11) is 0. The minimum atomic E-state index is -0.579. The lowest BCUT2D eigenvalue weighted by Crippen LogP contribution is -2.33. The quantitative estimate of drug-likeness (QED) is 0.881. The van der Waals surface area contributed by atoms with Crippen LogP contribution in [0.15, 0.2) is 18.2 Å². The highest BCUT2D eigenvalue weighted by molar-refractivity contribution is 5.93. The van der Waals surface area contributed by atoms with Gasteiger partial charge in [-0.15, -0.1) is 0 Å². The number of carbonyl (C=O) groups excluding carboxylic acids is 3. The Morgan fingerprint density at radius 3 is 2.69 bits per heavy atom. The number of benzene rings is 1. The molecule has 1 N–H and O–H groups in total. The molecule has 3 rings (SSSR count). The van der Waals surface area contributed by atoms with Crippen molar-refractivity contribution in [3.8, 4) is 0 Å². The molecule has 8 heteroatoms.